The van der Waals surface area contributed by atoms with Crippen LogP contribution in [0, 0.1) is 17.0 Å². The van der Waals surface area contributed by atoms with Crippen molar-refractivity contribution in [1.29, 1.82) is 0 Å². The summed E-state index contributed by atoms with van der Waals surface area (Å²) in [6, 6.07) is 10.9. The maximum Gasteiger partial charge on any atom is 0.312 e. The molecule has 0 fully saturated rings. The Morgan fingerprint density at radius 1 is 1.18 bits per heavy atom. The highest BCUT2D eigenvalue weighted by Crippen LogP contribution is 2.37. The van der Waals surface area contributed by atoms with Gasteiger partial charge in [-0.3, -0.25) is 14.9 Å². The zero-order valence-corrected chi connectivity index (χ0v) is 11.6. The molecule has 1 aromatic heterocycles. The Morgan fingerprint density at radius 2 is 1.86 bits per heavy atom. The Morgan fingerprint density at radius 3 is 2.50 bits per heavy atom. The highest BCUT2D eigenvalue weighted by atomic mass is 16.6. The van der Waals surface area contributed by atoms with Crippen molar-refractivity contribution >= 4 is 22.4 Å². The normalized spacial score (nSPS) is 10.8. The second kappa shape index (κ2) is 5.00. The number of nitro groups is 1. The first-order valence-corrected chi connectivity index (χ1v) is 6.49. The molecule has 0 unspecified atom stereocenters. The molecule has 6 nitrogen and oxygen atoms in total. The van der Waals surface area contributed by atoms with E-state index in [1.807, 2.05) is 6.92 Å². The number of benzene rings is 2. The van der Waals surface area contributed by atoms with Crippen LogP contribution in [0.4, 0.5) is 5.69 Å². The molecular weight excluding hydrogens is 286 g/mol. The maximum absolute atomic E-state index is 12.4. The van der Waals surface area contributed by atoms with Gasteiger partial charge in [0.05, 0.1) is 10.3 Å². The van der Waals surface area contributed by atoms with Gasteiger partial charge < -0.3 is 9.52 Å². The fourth-order valence-electron chi connectivity index (χ4n) is 2.22. The summed E-state index contributed by atoms with van der Waals surface area (Å²) < 4.78 is 5.30. The van der Waals surface area contributed by atoms with Crippen LogP contribution in [-0.4, -0.2) is 15.8 Å². The summed E-state index contributed by atoms with van der Waals surface area (Å²) in [5.74, 6) is -1.21. The van der Waals surface area contributed by atoms with Crippen LogP contribution in [-0.2, 0) is 0 Å². The predicted molar refractivity (Wildman–Crippen MR) is 79.1 cm³/mol. The van der Waals surface area contributed by atoms with Crippen LogP contribution < -0.4 is 0 Å². The average Bonchev–Trinajstić information content (AvgIpc) is 2.84. The molecular formula is C16H11NO5. The largest absolute Gasteiger partial charge is 0.504 e. The molecule has 0 radical (unpaired) electrons. The second-order valence-corrected chi connectivity index (χ2v) is 4.89. The van der Waals surface area contributed by atoms with Gasteiger partial charge in [0.2, 0.25) is 17.1 Å². The number of fused-ring (bicyclic) bond motifs is 1. The van der Waals surface area contributed by atoms with E-state index in [9.17, 15) is 20.0 Å². The minimum Gasteiger partial charge on any atom is -0.504 e. The zero-order valence-electron chi connectivity index (χ0n) is 11.6. The van der Waals surface area contributed by atoms with E-state index < -0.39 is 10.7 Å². The van der Waals surface area contributed by atoms with Crippen molar-refractivity contribution < 1.29 is 19.2 Å². The molecule has 2 aromatic carbocycles. The molecule has 1 N–H and O–H groups in total. The molecule has 3 aromatic rings. The zero-order chi connectivity index (χ0) is 15.9. The molecule has 0 amide bonds. The van der Waals surface area contributed by atoms with Crippen LogP contribution in [0.25, 0.3) is 11.0 Å². The van der Waals surface area contributed by atoms with Gasteiger partial charge in [0.15, 0.2) is 5.75 Å². The van der Waals surface area contributed by atoms with E-state index in [1.54, 1.807) is 24.3 Å². The standard InChI is InChI=1S/C16H11NO5/c1-9-5-7-10(8-6-9)13(18)16-14(19)11-3-2-4-12(17(20)21)15(11)22-16/h2-8,19H,1H3. The van der Waals surface area contributed by atoms with Crippen molar-refractivity contribution in [3.8, 4) is 5.75 Å². The number of nitrogens with zero attached hydrogens (tertiary/aromatic N) is 1. The summed E-state index contributed by atoms with van der Waals surface area (Å²) in [5, 5.41) is 21.3. The molecule has 22 heavy (non-hydrogen) atoms. The Balaban J connectivity index is 2.17. The smallest absolute Gasteiger partial charge is 0.312 e. The molecule has 0 saturated carbocycles. The molecule has 0 saturated heterocycles. The van der Waals surface area contributed by atoms with Gasteiger partial charge in [0, 0.05) is 11.6 Å². The number of rotatable bonds is 3. The Labute approximate surface area is 124 Å². The molecule has 3 rings (SSSR count). The summed E-state index contributed by atoms with van der Waals surface area (Å²) in [6.45, 7) is 1.89. The fourth-order valence-corrected chi connectivity index (χ4v) is 2.22. The third kappa shape index (κ3) is 2.10. The molecule has 0 aliphatic rings. The predicted octanol–water partition coefficient (Wildman–Crippen LogP) is 3.59. The topological polar surface area (TPSA) is 93.6 Å². The maximum atomic E-state index is 12.4. The molecule has 0 aliphatic heterocycles. The highest BCUT2D eigenvalue weighted by Gasteiger charge is 2.26. The van der Waals surface area contributed by atoms with Gasteiger partial charge in [0.25, 0.3) is 0 Å². The van der Waals surface area contributed by atoms with Gasteiger partial charge >= 0.3 is 5.69 Å². The third-order valence-electron chi connectivity index (χ3n) is 3.39. The molecule has 110 valence electrons. The van der Waals surface area contributed by atoms with Crippen molar-refractivity contribution in [3.05, 3.63) is 69.5 Å². The van der Waals surface area contributed by atoms with E-state index in [2.05, 4.69) is 0 Å². The monoisotopic (exact) mass is 297 g/mol. The number of carbonyl (C=O) groups is 1. The van der Waals surface area contributed by atoms with Crippen LogP contribution in [0.2, 0.25) is 0 Å². The summed E-state index contributed by atoms with van der Waals surface area (Å²) in [6.07, 6.45) is 0. The minimum atomic E-state index is -0.620. The van der Waals surface area contributed by atoms with Crippen LogP contribution in [0.1, 0.15) is 21.7 Å². The molecule has 6 heteroatoms. The fraction of sp³-hybridized carbons (Fsp3) is 0.0625. The van der Waals surface area contributed by atoms with Crippen molar-refractivity contribution in [1.82, 2.24) is 0 Å². The van der Waals surface area contributed by atoms with Gasteiger partial charge in [-0.05, 0) is 13.0 Å². The first-order valence-electron chi connectivity index (χ1n) is 6.49. The van der Waals surface area contributed by atoms with Gasteiger partial charge in [-0.25, -0.2) is 0 Å². The summed E-state index contributed by atoms with van der Waals surface area (Å²) in [7, 11) is 0. The highest BCUT2D eigenvalue weighted by molar-refractivity contribution is 6.12. The minimum absolute atomic E-state index is 0.111. The lowest BCUT2D eigenvalue weighted by atomic mass is 10.1. The summed E-state index contributed by atoms with van der Waals surface area (Å²) in [4.78, 5) is 22.8. The van der Waals surface area contributed by atoms with Gasteiger partial charge in [-0.2, -0.15) is 0 Å². The van der Waals surface area contributed by atoms with Crippen LogP contribution >= 0.6 is 0 Å². The number of para-hydroxylation sites is 1. The SMILES string of the molecule is Cc1ccc(C(=O)c2oc3c([N+](=O)[O-])cccc3c2O)cc1. The Kier molecular flexibility index (Phi) is 3.14. The lowest BCUT2D eigenvalue weighted by Crippen LogP contribution is -1.99. The van der Waals surface area contributed by atoms with E-state index in [0.29, 0.717) is 5.56 Å². The van der Waals surface area contributed by atoms with E-state index in [1.165, 1.54) is 18.2 Å². The Bertz CT molecular complexity index is 893. The molecule has 1 heterocycles. The van der Waals surface area contributed by atoms with Crippen molar-refractivity contribution in [3.63, 3.8) is 0 Å². The number of hydrogen-bond donors (Lipinski definition) is 1. The molecule has 0 bridgehead atoms. The second-order valence-electron chi connectivity index (χ2n) is 4.89. The van der Waals surface area contributed by atoms with E-state index in [0.717, 1.165) is 5.56 Å². The van der Waals surface area contributed by atoms with Gasteiger partial charge in [-0.15, -0.1) is 0 Å². The quantitative estimate of drug-likeness (QED) is 0.453. The number of furan rings is 1. The first-order chi connectivity index (χ1) is 10.5. The number of hydrogen-bond acceptors (Lipinski definition) is 5. The summed E-state index contributed by atoms with van der Waals surface area (Å²) in [5.41, 5.74) is 0.917. The molecule has 0 aliphatic carbocycles. The third-order valence-corrected chi connectivity index (χ3v) is 3.39. The van der Waals surface area contributed by atoms with Gasteiger partial charge in [-0.1, -0.05) is 35.9 Å². The van der Waals surface area contributed by atoms with Crippen LogP contribution in [0.5, 0.6) is 5.75 Å². The molecule has 0 atom stereocenters. The van der Waals surface area contributed by atoms with E-state index in [-0.39, 0.29) is 28.2 Å². The van der Waals surface area contributed by atoms with Crippen LogP contribution in [0.3, 0.4) is 0 Å². The number of nitro benzene ring substituents is 1. The van der Waals surface area contributed by atoms with E-state index in [4.69, 9.17) is 4.42 Å². The molecule has 0 spiro atoms. The van der Waals surface area contributed by atoms with Gasteiger partial charge in [0.1, 0.15) is 0 Å². The summed E-state index contributed by atoms with van der Waals surface area (Å²) >= 11 is 0. The number of aromatic hydroxyl groups is 1. The van der Waals surface area contributed by atoms with Crippen LogP contribution in [0.15, 0.2) is 46.9 Å². The van der Waals surface area contributed by atoms with Crippen molar-refractivity contribution in [2.75, 3.05) is 0 Å². The number of aryl methyl sites for hydroxylation is 1. The number of ketones is 1. The van der Waals surface area contributed by atoms with E-state index >= 15 is 0 Å². The van der Waals surface area contributed by atoms with Crippen molar-refractivity contribution in [2.24, 2.45) is 0 Å². The first kappa shape index (κ1) is 13.8. The average molecular weight is 297 g/mol. The van der Waals surface area contributed by atoms with Crippen molar-refractivity contribution in [2.45, 2.75) is 6.92 Å². The number of carbonyl (C=O) groups excluding carboxylic acids is 1. The number of non-ortho nitro benzene ring substituents is 1. The lowest BCUT2D eigenvalue weighted by Gasteiger charge is -1.99. The Hall–Kier alpha value is -3.15. The lowest BCUT2D eigenvalue weighted by molar-refractivity contribution is -0.383.